The van der Waals surface area contributed by atoms with E-state index in [1.54, 1.807) is 0 Å². The van der Waals surface area contributed by atoms with Crippen LogP contribution in [0.1, 0.15) is 64.7 Å². The topological polar surface area (TPSA) is 44.0 Å². The molecule has 2 aliphatic carbocycles. The van der Waals surface area contributed by atoms with E-state index in [1.807, 2.05) is 0 Å². The van der Waals surface area contributed by atoms with Gasteiger partial charge in [0.2, 0.25) is 0 Å². The molecule has 0 aromatic heterocycles. The number of aliphatic hydroxyl groups excluding tert-OH is 1. The lowest BCUT2D eigenvalue weighted by Gasteiger charge is -2.41. The molecule has 0 amide bonds. The Labute approximate surface area is 105 Å². The van der Waals surface area contributed by atoms with Crippen molar-refractivity contribution in [3.8, 4) is 6.07 Å². The number of hydrogen-bond acceptors (Lipinski definition) is 2. The Bertz CT molecular complexity index is 280. The van der Waals surface area contributed by atoms with Crippen LogP contribution in [0.25, 0.3) is 0 Å². The lowest BCUT2D eigenvalue weighted by Crippen LogP contribution is -2.42. The van der Waals surface area contributed by atoms with Crippen LogP contribution in [0.5, 0.6) is 0 Å². The molecule has 2 heteroatoms. The van der Waals surface area contributed by atoms with Gasteiger partial charge in [0.1, 0.15) is 0 Å². The molecule has 2 fully saturated rings. The molecule has 17 heavy (non-hydrogen) atoms. The molecule has 0 radical (unpaired) electrons. The molecule has 2 rings (SSSR count). The van der Waals surface area contributed by atoms with Crippen LogP contribution < -0.4 is 0 Å². The third kappa shape index (κ3) is 2.65. The van der Waals surface area contributed by atoms with Crippen LogP contribution in [0.3, 0.4) is 0 Å². The summed E-state index contributed by atoms with van der Waals surface area (Å²) in [6, 6.07) is 2.49. The van der Waals surface area contributed by atoms with Crippen molar-refractivity contribution >= 4 is 0 Å². The standard InChI is InChI=1S/C15H25NO/c1-12-7-9-15(11-16,10-8-12)14(17)13-5-3-2-4-6-13/h12-14,17H,2-10H2,1H3. The van der Waals surface area contributed by atoms with Crippen molar-refractivity contribution in [3.63, 3.8) is 0 Å². The lowest BCUT2D eigenvalue weighted by atomic mass is 9.64. The Hall–Kier alpha value is -0.550. The molecule has 2 aliphatic rings. The molecule has 0 aromatic rings. The Balaban J connectivity index is 2.04. The SMILES string of the molecule is CC1CCC(C#N)(C(O)C2CCCCC2)CC1. The summed E-state index contributed by atoms with van der Waals surface area (Å²) in [4.78, 5) is 0. The fourth-order valence-corrected chi connectivity index (χ4v) is 3.65. The number of rotatable bonds is 2. The first-order valence-electron chi connectivity index (χ1n) is 7.27. The van der Waals surface area contributed by atoms with Gasteiger partial charge in [-0.15, -0.1) is 0 Å². The highest BCUT2D eigenvalue weighted by Crippen LogP contribution is 2.45. The second kappa shape index (κ2) is 5.40. The zero-order valence-corrected chi connectivity index (χ0v) is 11.0. The van der Waals surface area contributed by atoms with E-state index in [0.29, 0.717) is 5.92 Å². The van der Waals surface area contributed by atoms with Crippen LogP contribution in [0, 0.1) is 28.6 Å². The van der Waals surface area contributed by atoms with Gasteiger partial charge in [0.05, 0.1) is 17.6 Å². The first-order chi connectivity index (χ1) is 8.18. The quantitative estimate of drug-likeness (QED) is 0.794. The van der Waals surface area contributed by atoms with E-state index in [2.05, 4.69) is 13.0 Å². The van der Waals surface area contributed by atoms with Gasteiger partial charge in [-0.2, -0.15) is 5.26 Å². The molecule has 0 saturated heterocycles. The van der Waals surface area contributed by atoms with Crippen LogP contribution in [0.15, 0.2) is 0 Å². The maximum Gasteiger partial charge on any atom is 0.0835 e. The molecule has 0 heterocycles. The normalized spacial score (nSPS) is 37.4. The second-order valence-electron chi connectivity index (χ2n) is 6.29. The first kappa shape index (κ1) is 12.9. The minimum atomic E-state index is -0.422. The zero-order valence-electron chi connectivity index (χ0n) is 11.0. The summed E-state index contributed by atoms with van der Waals surface area (Å²) in [5.41, 5.74) is -0.422. The maximum atomic E-state index is 10.6. The van der Waals surface area contributed by atoms with Crippen LogP contribution >= 0.6 is 0 Å². The molecular formula is C15H25NO. The zero-order chi connectivity index (χ0) is 12.3. The molecule has 0 spiro atoms. The molecular weight excluding hydrogens is 210 g/mol. The van der Waals surface area contributed by atoms with Gasteiger partial charge in [0, 0.05) is 0 Å². The van der Waals surface area contributed by atoms with Gasteiger partial charge in [-0.25, -0.2) is 0 Å². The van der Waals surface area contributed by atoms with Crippen LogP contribution in [-0.2, 0) is 0 Å². The lowest BCUT2D eigenvalue weighted by molar-refractivity contribution is -0.0250. The predicted octanol–water partition coefficient (Wildman–Crippen LogP) is 3.65. The second-order valence-corrected chi connectivity index (χ2v) is 6.29. The summed E-state index contributed by atoms with van der Waals surface area (Å²) in [5.74, 6) is 1.12. The summed E-state index contributed by atoms with van der Waals surface area (Å²) in [7, 11) is 0. The van der Waals surface area contributed by atoms with Crippen LogP contribution in [-0.4, -0.2) is 11.2 Å². The Morgan fingerprint density at radius 2 is 1.71 bits per heavy atom. The van der Waals surface area contributed by atoms with Gasteiger partial charge in [-0.05, 0) is 50.4 Å². The summed E-state index contributed by atoms with van der Waals surface area (Å²) in [6.07, 6.45) is 9.68. The van der Waals surface area contributed by atoms with E-state index >= 15 is 0 Å². The molecule has 2 nitrogen and oxygen atoms in total. The number of nitriles is 1. The smallest absolute Gasteiger partial charge is 0.0835 e. The molecule has 96 valence electrons. The van der Waals surface area contributed by atoms with Crippen molar-refractivity contribution in [2.45, 2.75) is 70.8 Å². The molecule has 1 unspecified atom stereocenters. The average Bonchev–Trinajstić information content (AvgIpc) is 2.40. The van der Waals surface area contributed by atoms with E-state index in [-0.39, 0.29) is 6.10 Å². The minimum Gasteiger partial charge on any atom is -0.391 e. The van der Waals surface area contributed by atoms with Gasteiger partial charge < -0.3 is 5.11 Å². The number of hydrogen-bond donors (Lipinski definition) is 1. The van der Waals surface area contributed by atoms with Crippen LogP contribution in [0.4, 0.5) is 0 Å². The highest BCUT2D eigenvalue weighted by Gasteiger charge is 2.44. The third-order valence-electron chi connectivity index (χ3n) is 5.05. The molecule has 1 N–H and O–H groups in total. The highest BCUT2D eigenvalue weighted by atomic mass is 16.3. The van der Waals surface area contributed by atoms with Crippen molar-refractivity contribution in [1.82, 2.24) is 0 Å². The van der Waals surface area contributed by atoms with Gasteiger partial charge in [-0.1, -0.05) is 26.2 Å². The molecule has 0 bridgehead atoms. The number of nitrogens with zero attached hydrogens (tertiary/aromatic N) is 1. The Morgan fingerprint density at radius 1 is 1.12 bits per heavy atom. The van der Waals surface area contributed by atoms with Crippen molar-refractivity contribution in [2.75, 3.05) is 0 Å². The Morgan fingerprint density at radius 3 is 2.24 bits per heavy atom. The summed E-state index contributed by atoms with van der Waals surface area (Å²) < 4.78 is 0. The molecule has 2 saturated carbocycles. The van der Waals surface area contributed by atoms with Crippen molar-refractivity contribution in [3.05, 3.63) is 0 Å². The van der Waals surface area contributed by atoms with Crippen molar-refractivity contribution in [1.29, 1.82) is 5.26 Å². The monoisotopic (exact) mass is 235 g/mol. The van der Waals surface area contributed by atoms with Crippen LogP contribution in [0.2, 0.25) is 0 Å². The average molecular weight is 235 g/mol. The van der Waals surface area contributed by atoms with Gasteiger partial charge in [-0.3, -0.25) is 0 Å². The Kier molecular flexibility index (Phi) is 4.09. The van der Waals surface area contributed by atoms with Gasteiger partial charge >= 0.3 is 0 Å². The molecule has 0 aliphatic heterocycles. The van der Waals surface area contributed by atoms with E-state index in [1.165, 1.54) is 19.3 Å². The maximum absolute atomic E-state index is 10.6. The minimum absolute atomic E-state index is 0.375. The first-order valence-corrected chi connectivity index (χ1v) is 7.27. The van der Waals surface area contributed by atoms with E-state index in [4.69, 9.17) is 0 Å². The van der Waals surface area contributed by atoms with Gasteiger partial charge in [0.15, 0.2) is 0 Å². The number of aliphatic hydroxyl groups is 1. The summed E-state index contributed by atoms with van der Waals surface area (Å²) in [6.45, 7) is 2.26. The highest BCUT2D eigenvalue weighted by molar-refractivity contribution is 5.07. The van der Waals surface area contributed by atoms with Crippen molar-refractivity contribution in [2.24, 2.45) is 17.3 Å². The van der Waals surface area contributed by atoms with E-state index < -0.39 is 5.41 Å². The fraction of sp³-hybridized carbons (Fsp3) is 0.933. The summed E-state index contributed by atoms with van der Waals surface area (Å²) in [5, 5.41) is 20.1. The van der Waals surface area contributed by atoms with E-state index in [0.717, 1.165) is 44.4 Å². The molecule has 0 aromatic carbocycles. The third-order valence-corrected chi connectivity index (χ3v) is 5.05. The fourth-order valence-electron chi connectivity index (χ4n) is 3.65. The van der Waals surface area contributed by atoms with Crippen molar-refractivity contribution < 1.29 is 5.11 Å². The molecule has 1 atom stereocenters. The van der Waals surface area contributed by atoms with E-state index in [9.17, 15) is 10.4 Å². The van der Waals surface area contributed by atoms with Gasteiger partial charge in [0.25, 0.3) is 0 Å². The predicted molar refractivity (Wildman–Crippen MR) is 68.3 cm³/mol. The largest absolute Gasteiger partial charge is 0.391 e. The summed E-state index contributed by atoms with van der Waals surface area (Å²) >= 11 is 0.